The van der Waals surface area contributed by atoms with E-state index in [9.17, 15) is 4.79 Å². The van der Waals surface area contributed by atoms with Crippen LogP contribution in [0.5, 0.6) is 0 Å². The lowest BCUT2D eigenvalue weighted by atomic mass is 10.0. The standard InChI is InChI=1S/C14H27N5O.ClH/c1-10(2)5-6-19-9-13(17-18-19)14(20)16-12(8-15)7-11(3)4;/h9-12H,5-8,15H2,1-4H3,(H,16,20);1H. The summed E-state index contributed by atoms with van der Waals surface area (Å²) >= 11 is 0. The Labute approximate surface area is 133 Å². The fourth-order valence-corrected chi connectivity index (χ4v) is 1.94. The van der Waals surface area contributed by atoms with Gasteiger partial charge in [-0.1, -0.05) is 32.9 Å². The van der Waals surface area contributed by atoms with Crippen LogP contribution in [0.1, 0.15) is 51.0 Å². The molecule has 0 aliphatic heterocycles. The molecule has 1 aromatic rings. The van der Waals surface area contributed by atoms with Gasteiger partial charge < -0.3 is 11.1 Å². The van der Waals surface area contributed by atoms with Crippen LogP contribution in [0.15, 0.2) is 6.20 Å². The van der Waals surface area contributed by atoms with Gasteiger partial charge in [0.2, 0.25) is 0 Å². The van der Waals surface area contributed by atoms with Crippen LogP contribution < -0.4 is 11.1 Å². The van der Waals surface area contributed by atoms with Crippen LogP contribution in [0.2, 0.25) is 0 Å². The number of carbonyl (C=O) groups is 1. The van der Waals surface area contributed by atoms with E-state index in [0.717, 1.165) is 19.4 Å². The third-order valence-electron chi connectivity index (χ3n) is 3.08. The summed E-state index contributed by atoms with van der Waals surface area (Å²) in [6, 6.07) is -0.0108. The molecule has 0 saturated carbocycles. The molecular formula is C14H28ClN5O. The van der Waals surface area contributed by atoms with Gasteiger partial charge in [-0.25, -0.2) is 0 Å². The number of aryl methyl sites for hydroxylation is 1. The first-order valence-corrected chi connectivity index (χ1v) is 7.33. The molecular weight excluding hydrogens is 290 g/mol. The molecule has 3 N–H and O–H groups in total. The molecule has 1 atom stereocenters. The molecule has 1 rings (SSSR count). The van der Waals surface area contributed by atoms with Crippen molar-refractivity contribution in [2.75, 3.05) is 6.54 Å². The van der Waals surface area contributed by atoms with E-state index >= 15 is 0 Å². The number of rotatable bonds is 8. The molecule has 0 aromatic carbocycles. The maximum Gasteiger partial charge on any atom is 0.273 e. The Kier molecular flexibility index (Phi) is 9.21. The van der Waals surface area contributed by atoms with Gasteiger partial charge in [-0.15, -0.1) is 17.5 Å². The van der Waals surface area contributed by atoms with Gasteiger partial charge in [0.05, 0.1) is 6.20 Å². The van der Waals surface area contributed by atoms with E-state index in [2.05, 4.69) is 43.3 Å². The molecule has 7 heteroatoms. The molecule has 0 radical (unpaired) electrons. The number of nitrogens with one attached hydrogen (secondary N) is 1. The van der Waals surface area contributed by atoms with E-state index in [1.54, 1.807) is 10.9 Å². The molecule has 0 bridgehead atoms. The summed E-state index contributed by atoms with van der Waals surface area (Å²) in [6.07, 6.45) is 3.58. The summed E-state index contributed by atoms with van der Waals surface area (Å²) < 4.78 is 1.72. The lowest BCUT2D eigenvalue weighted by Gasteiger charge is -2.17. The van der Waals surface area contributed by atoms with E-state index in [4.69, 9.17) is 5.73 Å². The minimum Gasteiger partial charge on any atom is -0.347 e. The van der Waals surface area contributed by atoms with E-state index in [-0.39, 0.29) is 24.4 Å². The molecule has 21 heavy (non-hydrogen) atoms. The molecule has 0 spiro atoms. The highest BCUT2D eigenvalue weighted by Crippen LogP contribution is 2.05. The first-order valence-electron chi connectivity index (χ1n) is 7.33. The lowest BCUT2D eigenvalue weighted by Crippen LogP contribution is -2.41. The molecule has 0 aliphatic carbocycles. The van der Waals surface area contributed by atoms with E-state index in [1.165, 1.54) is 0 Å². The Morgan fingerprint density at radius 2 is 2.00 bits per heavy atom. The maximum atomic E-state index is 12.1. The highest BCUT2D eigenvalue weighted by atomic mass is 35.5. The van der Waals surface area contributed by atoms with Crippen LogP contribution in [0, 0.1) is 11.8 Å². The maximum absolute atomic E-state index is 12.1. The minimum absolute atomic E-state index is 0. The summed E-state index contributed by atoms with van der Waals surface area (Å²) in [5.74, 6) is 0.895. The largest absolute Gasteiger partial charge is 0.347 e. The number of aromatic nitrogens is 3. The van der Waals surface area contributed by atoms with Crippen LogP contribution in [0.4, 0.5) is 0 Å². The average molecular weight is 318 g/mol. The highest BCUT2D eigenvalue weighted by molar-refractivity contribution is 5.92. The summed E-state index contributed by atoms with van der Waals surface area (Å²) in [5, 5.41) is 10.8. The highest BCUT2D eigenvalue weighted by Gasteiger charge is 2.16. The Morgan fingerprint density at radius 1 is 1.33 bits per heavy atom. The number of hydrogen-bond donors (Lipinski definition) is 2. The third kappa shape index (κ3) is 7.43. The van der Waals surface area contributed by atoms with Gasteiger partial charge >= 0.3 is 0 Å². The smallest absolute Gasteiger partial charge is 0.273 e. The summed E-state index contributed by atoms with van der Waals surface area (Å²) in [7, 11) is 0. The zero-order chi connectivity index (χ0) is 15.1. The minimum atomic E-state index is -0.197. The summed E-state index contributed by atoms with van der Waals surface area (Å²) in [4.78, 5) is 12.1. The Balaban J connectivity index is 0.00000400. The Bertz CT molecular complexity index is 419. The molecule has 1 unspecified atom stereocenters. The fourth-order valence-electron chi connectivity index (χ4n) is 1.94. The van der Waals surface area contributed by atoms with Crippen molar-refractivity contribution in [1.82, 2.24) is 20.3 Å². The zero-order valence-corrected chi connectivity index (χ0v) is 14.2. The van der Waals surface area contributed by atoms with Crippen molar-refractivity contribution < 1.29 is 4.79 Å². The predicted octanol–water partition coefficient (Wildman–Crippen LogP) is 1.85. The molecule has 0 saturated heterocycles. The van der Waals surface area contributed by atoms with Crippen molar-refractivity contribution in [2.45, 2.75) is 53.1 Å². The van der Waals surface area contributed by atoms with Crippen molar-refractivity contribution in [3.05, 3.63) is 11.9 Å². The number of hydrogen-bond acceptors (Lipinski definition) is 4. The summed E-state index contributed by atoms with van der Waals surface area (Å²) in [5.41, 5.74) is 6.04. The number of nitrogens with two attached hydrogens (primary N) is 1. The number of carbonyl (C=O) groups excluding carboxylic acids is 1. The van der Waals surface area contributed by atoms with Crippen LogP contribution in [0.25, 0.3) is 0 Å². The lowest BCUT2D eigenvalue weighted by molar-refractivity contribution is 0.0928. The molecule has 0 fully saturated rings. The molecule has 6 nitrogen and oxygen atoms in total. The Hall–Kier alpha value is -1.14. The second-order valence-electron chi connectivity index (χ2n) is 6.09. The van der Waals surface area contributed by atoms with Gasteiger partial charge in [-0.05, 0) is 24.7 Å². The van der Waals surface area contributed by atoms with Gasteiger partial charge in [0.25, 0.3) is 5.91 Å². The van der Waals surface area contributed by atoms with Crippen LogP contribution in [-0.4, -0.2) is 33.5 Å². The second kappa shape index (κ2) is 9.73. The topological polar surface area (TPSA) is 85.8 Å². The van der Waals surface area contributed by atoms with Gasteiger partial charge in [0.15, 0.2) is 5.69 Å². The molecule has 1 heterocycles. The van der Waals surface area contributed by atoms with Crippen molar-refractivity contribution in [2.24, 2.45) is 17.6 Å². The van der Waals surface area contributed by atoms with E-state index in [1.807, 2.05) is 0 Å². The first kappa shape index (κ1) is 19.9. The summed E-state index contributed by atoms with van der Waals surface area (Å²) in [6.45, 7) is 9.74. The SMILES string of the molecule is CC(C)CCn1cc(C(=O)NC(CN)CC(C)C)nn1.Cl. The van der Waals surface area contributed by atoms with Crippen LogP contribution in [0.3, 0.4) is 0 Å². The fraction of sp³-hybridized carbons (Fsp3) is 0.786. The molecule has 0 aliphatic rings. The first-order chi connectivity index (χ1) is 9.42. The van der Waals surface area contributed by atoms with E-state index in [0.29, 0.717) is 24.1 Å². The quantitative estimate of drug-likeness (QED) is 0.766. The van der Waals surface area contributed by atoms with Gasteiger partial charge in [-0.2, -0.15) is 0 Å². The predicted molar refractivity (Wildman–Crippen MR) is 86.5 cm³/mol. The van der Waals surface area contributed by atoms with Crippen LogP contribution in [-0.2, 0) is 6.54 Å². The second-order valence-corrected chi connectivity index (χ2v) is 6.09. The van der Waals surface area contributed by atoms with E-state index < -0.39 is 0 Å². The van der Waals surface area contributed by atoms with Crippen molar-refractivity contribution >= 4 is 18.3 Å². The van der Waals surface area contributed by atoms with Crippen molar-refractivity contribution in [1.29, 1.82) is 0 Å². The third-order valence-corrected chi connectivity index (χ3v) is 3.08. The molecule has 1 aromatic heterocycles. The van der Waals surface area contributed by atoms with Crippen LogP contribution >= 0.6 is 12.4 Å². The molecule has 1 amide bonds. The van der Waals surface area contributed by atoms with Crippen molar-refractivity contribution in [3.8, 4) is 0 Å². The number of nitrogens with zero attached hydrogens (tertiary/aromatic N) is 3. The normalized spacial score (nSPS) is 12.3. The number of halogens is 1. The van der Waals surface area contributed by atoms with Gasteiger partial charge in [0.1, 0.15) is 0 Å². The Morgan fingerprint density at radius 3 is 2.52 bits per heavy atom. The monoisotopic (exact) mass is 317 g/mol. The van der Waals surface area contributed by atoms with Gasteiger partial charge in [0, 0.05) is 19.1 Å². The molecule has 122 valence electrons. The zero-order valence-electron chi connectivity index (χ0n) is 13.4. The van der Waals surface area contributed by atoms with Crippen molar-refractivity contribution in [3.63, 3.8) is 0 Å². The van der Waals surface area contributed by atoms with Gasteiger partial charge in [-0.3, -0.25) is 9.48 Å². The number of amides is 1. The average Bonchev–Trinajstić information content (AvgIpc) is 2.83.